The Morgan fingerprint density at radius 2 is 1.65 bits per heavy atom. The minimum Gasteiger partial charge on any atom is -0.422 e. The van der Waals surface area contributed by atoms with Gasteiger partial charge in [0, 0.05) is 12.5 Å². The third kappa shape index (κ3) is 7.10. The fourth-order valence-corrected chi connectivity index (χ4v) is 0.659. The maximum Gasteiger partial charge on any atom is 0.545 e. The van der Waals surface area contributed by atoms with E-state index in [-0.39, 0.29) is 11.5 Å². The quantitative estimate of drug-likeness (QED) is 0.234. The van der Waals surface area contributed by atoms with Crippen LogP contribution in [0.1, 0.15) is 41.5 Å². The van der Waals surface area contributed by atoms with Gasteiger partial charge in [-0.1, -0.05) is 20.4 Å². The van der Waals surface area contributed by atoms with Crippen molar-refractivity contribution in [2.24, 2.45) is 5.92 Å². The van der Waals surface area contributed by atoms with Gasteiger partial charge in [0.1, 0.15) is 5.60 Å². The van der Waals surface area contributed by atoms with Gasteiger partial charge in [-0.05, 0) is 31.7 Å². The summed E-state index contributed by atoms with van der Waals surface area (Å²) in [5, 5.41) is 4.34. The van der Waals surface area contributed by atoms with Crippen molar-refractivity contribution in [1.82, 2.24) is 0 Å². The highest BCUT2D eigenvalue weighted by molar-refractivity contribution is 5.87. The maximum atomic E-state index is 11.2. The number of carbonyl (C=O) groups excluding carboxylic acids is 2. The van der Waals surface area contributed by atoms with Crippen LogP contribution in [-0.2, 0) is 29.1 Å². The lowest BCUT2D eigenvalue weighted by molar-refractivity contribution is -0.521. The van der Waals surface area contributed by atoms with Crippen molar-refractivity contribution in [3.8, 4) is 0 Å². The molecule has 0 aromatic rings. The van der Waals surface area contributed by atoms with Gasteiger partial charge in [-0.3, -0.25) is 0 Å². The number of esters is 1. The van der Waals surface area contributed by atoms with Gasteiger partial charge < -0.3 is 9.47 Å². The number of ether oxygens (including phenoxy) is 2. The summed E-state index contributed by atoms with van der Waals surface area (Å²) < 4.78 is 9.31. The Kier molecular flexibility index (Phi) is 7.23. The molecule has 7 heteroatoms. The van der Waals surface area contributed by atoms with Crippen molar-refractivity contribution in [1.29, 1.82) is 0 Å². The zero-order valence-electron chi connectivity index (χ0n) is 12.7. The van der Waals surface area contributed by atoms with E-state index < -0.39 is 24.0 Å². The van der Waals surface area contributed by atoms with Crippen molar-refractivity contribution in [2.45, 2.75) is 53.4 Å². The Labute approximate surface area is 118 Å². The van der Waals surface area contributed by atoms with Crippen molar-refractivity contribution in [3.05, 3.63) is 12.2 Å². The lowest BCUT2D eigenvalue weighted by Crippen LogP contribution is -2.32. The molecule has 0 saturated heterocycles. The van der Waals surface area contributed by atoms with Gasteiger partial charge in [0.05, 0.1) is 0 Å². The first-order chi connectivity index (χ1) is 9.06. The molecule has 0 radical (unpaired) electrons. The van der Waals surface area contributed by atoms with E-state index in [4.69, 9.17) is 9.62 Å². The van der Waals surface area contributed by atoms with Gasteiger partial charge in [0.25, 0.3) is 0 Å². The highest BCUT2D eigenvalue weighted by atomic mass is 17.5. The zero-order chi connectivity index (χ0) is 15.9. The standard InChI is InChI=1S/C13H22O7/c1-8(2)11(14)16-10(5)17-12(15)18-20-19-13(6,7)9(3)4/h9-10H,1H2,2-7H3. The molecule has 0 aromatic heterocycles. The van der Waals surface area contributed by atoms with E-state index in [0.29, 0.717) is 0 Å². The van der Waals surface area contributed by atoms with Gasteiger partial charge in [-0.25, -0.2) is 14.5 Å². The highest BCUT2D eigenvalue weighted by Gasteiger charge is 2.26. The Balaban J connectivity index is 4.01. The van der Waals surface area contributed by atoms with Crippen LogP contribution in [0.3, 0.4) is 0 Å². The van der Waals surface area contributed by atoms with Crippen molar-refractivity contribution < 1.29 is 33.9 Å². The smallest absolute Gasteiger partial charge is 0.422 e. The van der Waals surface area contributed by atoms with Crippen LogP contribution in [0.25, 0.3) is 0 Å². The molecule has 0 aromatic carbocycles. The van der Waals surface area contributed by atoms with E-state index in [1.165, 1.54) is 13.8 Å². The summed E-state index contributed by atoms with van der Waals surface area (Å²) in [7, 11) is 0. The highest BCUT2D eigenvalue weighted by Crippen LogP contribution is 2.20. The van der Waals surface area contributed by atoms with E-state index in [1.54, 1.807) is 13.8 Å². The Morgan fingerprint density at radius 1 is 1.10 bits per heavy atom. The summed E-state index contributed by atoms with van der Waals surface area (Å²) in [6.45, 7) is 13.6. The van der Waals surface area contributed by atoms with E-state index in [2.05, 4.69) is 21.2 Å². The average Bonchev–Trinajstić information content (AvgIpc) is 2.27. The third-order valence-electron chi connectivity index (χ3n) is 2.62. The predicted molar refractivity (Wildman–Crippen MR) is 69.0 cm³/mol. The molecule has 0 spiro atoms. The van der Waals surface area contributed by atoms with E-state index >= 15 is 0 Å². The molecule has 0 fully saturated rings. The second-order valence-electron chi connectivity index (χ2n) is 5.11. The lowest BCUT2D eigenvalue weighted by atomic mass is 9.95. The van der Waals surface area contributed by atoms with Crippen molar-refractivity contribution in [3.63, 3.8) is 0 Å². The van der Waals surface area contributed by atoms with Gasteiger partial charge in [-0.2, -0.15) is 4.89 Å². The van der Waals surface area contributed by atoms with Crippen LogP contribution < -0.4 is 0 Å². The molecule has 20 heavy (non-hydrogen) atoms. The normalized spacial score (nSPS) is 12.8. The van der Waals surface area contributed by atoms with Gasteiger partial charge >= 0.3 is 12.1 Å². The molecule has 0 saturated carbocycles. The molecule has 0 bridgehead atoms. The molecule has 1 unspecified atom stereocenters. The molecule has 7 nitrogen and oxygen atoms in total. The Hall–Kier alpha value is -1.60. The number of carbonyl (C=O) groups is 2. The molecule has 0 aliphatic carbocycles. The average molecular weight is 290 g/mol. The first-order valence-corrected chi connectivity index (χ1v) is 6.15. The van der Waals surface area contributed by atoms with E-state index in [0.717, 1.165) is 0 Å². The molecule has 0 aliphatic rings. The summed E-state index contributed by atoms with van der Waals surface area (Å²) in [5.74, 6) is -0.541. The fraction of sp³-hybridized carbons (Fsp3) is 0.692. The lowest BCUT2D eigenvalue weighted by Gasteiger charge is -2.25. The van der Waals surface area contributed by atoms with Crippen LogP contribution in [-0.4, -0.2) is 24.0 Å². The van der Waals surface area contributed by atoms with Crippen LogP contribution in [0.15, 0.2) is 12.2 Å². The first kappa shape index (κ1) is 18.4. The SMILES string of the molecule is C=C(C)C(=O)OC(C)OC(=O)OOOC(C)(C)C(C)C. The van der Waals surface area contributed by atoms with Crippen molar-refractivity contribution >= 4 is 12.1 Å². The number of hydrogen-bond acceptors (Lipinski definition) is 7. The molecular weight excluding hydrogens is 268 g/mol. The second-order valence-corrected chi connectivity index (χ2v) is 5.11. The molecule has 116 valence electrons. The summed E-state index contributed by atoms with van der Waals surface area (Å²) in [5.41, 5.74) is -0.453. The van der Waals surface area contributed by atoms with Crippen LogP contribution >= 0.6 is 0 Å². The Morgan fingerprint density at radius 3 is 2.10 bits per heavy atom. The molecule has 0 N–H and O–H groups in total. The molecular formula is C13H22O7. The summed E-state index contributed by atoms with van der Waals surface area (Å²) >= 11 is 0. The minimum absolute atomic E-state index is 0.137. The van der Waals surface area contributed by atoms with Crippen LogP contribution in [0, 0.1) is 5.92 Å². The summed E-state index contributed by atoms with van der Waals surface area (Å²) in [6, 6.07) is 0. The largest absolute Gasteiger partial charge is 0.545 e. The molecule has 0 heterocycles. The molecule has 0 amide bonds. The number of rotatable bonds is 7. The predicted octanol–water partition coefficient (Wildman–Crippen LogP) is 2.90. The Bertz CT molecular complexity index is 360. The number of hydrogen-bond donors (Lipinski definition) is 0. The summed E-state index contributed by atoms with van der Waals surface area (Å²) in [4.78, 5) is 31.5. The van der Waals surface area contributed by atoms with Gasteiger partial charge in [-0.15, -0.1) is 0 Å². The summed E-state index contributed by atoms with van der Waals surface area (Å²) in [6.07, 6.45) is -2.32. The maximum absolute atomic E-state index is 11.2. The van der Waals surface area contributed by atoms with Crippen LogP contribution in [0.2, 0.25) is 0 Å². The second kappa shape index (κ2) is 7.86. The first-order valence-electron chi connectivity index (χ1n) is 6.15. The monoisotopic (exact) mass is 290 g/mol. The van der Waals surface area contributed by atoms with Crippen LogP contribution in [0.4, 0.5) is 4.79 Å². The van der Waals surface area contributed by atoms with Gasteiger partial charge in [0.2, 0.25) is 6.29 Å². The van der Waals surface area contributed by atoms with Crippen LogP contribution in [0.5, 0.6) is 0 Å². The van der Waals surface area contributed by atoms with E-state index in [1.807, 2.05) is 13.8 Å². The minimum atomic E-state index is -1.19. The third-order valence-corrected chi connectivity index (χ3v) is 2.62. The molecule has 0 aliphatic heterocycles. The molecule has 1 atom stereocenters. The van der Waals surface area contributed by atoms with Gasteiger partial charge in [0.15, 0.2) is 0 Å². The van der Waals surface area contributed by atoms with Crippen molar-refractivity contribution in [2.75, 3.05) is 0 Å². The fourth-order valence-electron chi connectivity index (χ4n) is 0.659. The van der Waals surface area contributed by atoms with E-state index in [9.17, 15) is 9.59 Å². The molecule has 0 rings (SSSR count). The zero-order valence-corrected chi connectivity index (χ0v) is 12.7. The topological polar surface area (TPSA) is 80.3 Å².